The summed E-state index contributed by atoms with van der Waals surface area (Å²) in [4.78, 5) is 90.6. The fourth-order valence-electron chi connectivity index (χ4n) is 17.7. The number of pyridine rings is 1. The second-order valence-corrected chi connectivity index (χ2v) is 32.6. The number of thiazole rings is 2. The van der Waals surface area contributed by atoms with Gasteiger partial charge in [0.05, 0.1) is 50.8 Å². The smallest absolute Gasteiger partial charge is 0.355 e. The summed E-state index contributed by atoms with van der Waals surface area (Å²) in [5.41, 5.74) is 5.99. The van der Waals surface area contributed by atoms with E-state index in [0.29, 0.717) is 80.2 Å². The van der Waals surface area contributed by atoms with Crippen LogP contribution in [0.4, 0.5) is 27.0 Å². The number of fused-ring (bicyclic) bond motifs is 2. The molecule has 5 atom stereocenters. The number of anilines is 4. The minimum absolute atomic E-state index is 0.0119. The van der Waals surface area contributed by atoms with E-state index >= 15 is 0 Å². The molecule has 5 saturated carbocycles. The van der Waals surface area contributed by atoms with E-state index in [2.05, 4.69) is 49.5 Å². The van der Waals surface area contributed by atoms with Crippen LogP contribution >= 0.6 is 22.7 Å². The van der Waals surface area contributed by atoms with Gasteiger partial charge in [-0.2, -0.15) is 5.10 Å². The van der Waals surface area contributed by atoms with Crippen molar-refractivity contribution in [3.63, 3.8) is 0 Å². The number of hydrogen-bond donors (Lipinski definition) is 5. The van der Waals surface area contributed by atoms with Gasteiger partial charge in [-0.15, -0.1) is 21.5 Å². The van der Waals surface area contributed by atoms with E-state index in [4.69, 9.17) is 29.6 Å². The van der Waals surface area contributed by atoms with Gasteiger partial charge in [0.2, 0.25) is 11.8 Å². The van der Waals surface area contributed by atoms with E-state index in [-0.39, 0.29) is 72.4 Å². The molecule has 518 valence electrons. The van der Waals surface area contributed by atoms with Gasteiger partial charge in [-0.25, -0.2) is 24.1 Å². The lowest BCUT2D eigenvalue weighted by atomic mass is 9.39. The normalized spacial score (nSPS) is 25.1. The number of carbonyl (C=O) groups excluding carboxylic acids is 4. The van der Waals surface area contributed by atoms with Crippen LogP contribution < -0.4 is 25.6 Å². The second-order valence-electron chi connectivity index (χ2n) is 30.7. The first-order valence-electron chi connectivity index (χ1n) is 34.3. The van der Waals surface area contributed by atoms with Gasteiger partial charge in [-0.3, -0.25) is 28.8 Å². The summed E-state index contributed by atoms with van der Waals surface area (Å²) in [6.07, 6.45) is 8.73. The van der Waals surface area contributed by atoms with E-state index < -0.39 is 53.0 Å². The number of aromatic carboxylic acids is 1. The lowest BCUT2D eigenvalue weighted by Crippen LogP contribution is -2.64. The number of halogens is 1. The molecule has 8 heterocycles. The number of benzene rings is 2. The minimum Gasteiger partial charge on any atom is -0.483 e. The summed E-state index contributed by atoms with van der Waals surface area (Å²) in [5.74, 6) is -1.02. The molecule has 3 aliphatic heterocycles. The molecule has 2 saturated heterocycles. The van der Waals surface area contributed by atoms with Crippen LogP contribution in [0.1, 0.15) is 137 Å². The number of rotatable bonds is 21. The van der Waals surface area contributed by atoms with E-state index in [1.807, 2.05) is 85.2 Å². The fourth-order valence-corrected chi connectivity index (χ4v) is 19.3. The average Bonchev–Trinajstić information content (AvgIpc) is 0.900. The van der Waals surface area contributed by atoms with Crippen LogP contribution in [0, 0.1) is 42.4 Å². The molecule has 2 aromatic carbocycles. The molecule has 98 heavy (non-hydrogen) atoms. The van der Waals surface area contributed by atoms with E-state index in [9.17, 15) is 38.6 Å². The maximum atomic E-state index is 14.8. The van der Waals surface area contributed by atoms with Crippen molar-refractivity contribution >= 4 is 85.1 Å². The number of ether oxygens (including phenoxy) is 2. The minimum atomic E-state index is -2.00. The van der Waals surface area contributed by atoms with Gasteiger partial charge in [-0.05, 0) is 143 Å². The molecular weight excluding hydrogens is 1290 g/mol. The van der Waals surface area contributed by atoms with Crippen LogP contribution in [-0.4, -0.2) is 178 Å². The maximum Gasteiger partial charge on any atom is 0.355 e. The fraction of sp³-hybridized carbons (Fsp3) is 0.542. The monoisotopic (exact) mass is 1370 g/mol. The summed E-state index contributed by atoms with van der Waals surface area (Å²) in [6, 6.07) is 15.1. The number of para-hydroxylation sites is 1. The Hall–Kier alpha value is -8.04. The van der Waals surface area contributed by atoms with Gasteiger partial charge < -0.3 is 50.3 Å². The molecule has 23 nitrogen and oxygen atoms in total. The van der Waals surface area contributed by atoms with Crippen LogP contribution in [0.5, 0.6) is 5.75 Å². The molecule has 4 amide bonds. The Balaban J connectivity index is 0.593. The molecule has 5 aromatic heterocycles. The van der Waals surface area contributed by atoms with E-state index in [1.165, 1.54) is 16.2 Å². The molecule has 15 rings (SSSR count). The number of likely N-dealkylation sites (tertiary alicyclic amines) is 1. The third kappa shape index (κ3) is 13.3. The molecule has 5 aliphatic carbocycles. The number of carbonyl (C=O) groups is 5. The van der Waals surface area contributed by atoms with Crippen molar-refractivity contribution in [3.8, 4) is 27.3 Å². The summed E-state index contributed by atoms with van der Waals surface area (Å²) in [5, 5.41) is 45.6. The number of nitrogens with zero attached hydrogens (tertiary/aromatic N) is 11. The number of carboxylic acid groups (broad SMARTS) is 1. The maximum absolute atomic E-state index is 14.8. The van der Waals surface area contributed by atoms with Crippen molar-refractivity contribution in [1.29, 1.82) is 0 Å². The average molecular weight is 1380 g/mol. The number of aliphatic hydroxyl groups excluding tert-OH is 1. The Kier molecular flexibility index (Phi) is 17.5. The number of β-amino-alcohol motifs (C(OH)–C–C–N with tert-alkyl or cyclic N) is 1. The van der Waals surface area contributed by atoms with Crippen LogP contribution in [-0.2, 0) is 43.4 Å². The first-order chi connectivity index (χ1) is 46.7. The van der Waals surface area contributed by atoms with Crippen molar-refractivity contribution in [2.75, 3.05) is 69.2 Å². The quantitative estimate of drug-likeness (QED) is 0.0447. The summed E-state index contributed by atoms with van der Waals surface area (Å²) in [6.45, 7) is 20.7. The predicted molar refractivity (Wildman–Crippen MR) is 370 cm³/mol. The van der Waals surface area contributed by atoms with Crippen LogP contribution in [0.2, 0.25) is 0 Å². The number of aromatic nitrogens is 7. The molecule has 0 radical (unpaired) electrons. The molecule has 8 aliphatic rings. The number of amides is 4. The Morgan fingerprint density at radius 1 is 0.888 bits per heavy atom. The number of aryl methyl sites for hydroxylation is 1. The largest absolute Gasteiger partial charge is 0.483 e. The standard InChI is InChI=1S/C72H87FN14O9S2/c1-42-48-12-11-21-85(61(48)82-81-60(42)80-66-77-51-13-9-10-14-54(51)98-66)55-18-17-49(57(78-55)64(92)93)50-31-76-87(44(50)3)40-70-35-68(7)34-69(8,36-70)38-71(37-68,39-70)96-27-26-83-22-24-84(25-23-83)56(89)33-95-53-28-45(58-43(2)75-41-97-58)15-16-46(53)30-74-62(90)52-29-47(88)32-86(52)63(91)59(67(4,5)6)79-65(94)72(73)19-20-72/h9-10,13-18,28,31,41,47,52,59,88H,11-12,19-27,29-30,32-40H2,1-8H3,(H,74,90)(H,79,94)(H,92,93)(H,77,80,81)/t47-,52+,59-,68?,69?,70?,71?/m1/s1. The Bertz CT molecular complexity index is 4240. The first kappa shape index (κ1) is 67.2. The highest BCUT2D eigenvalue weighted by Gasteiger charge is 2.66. The van der Waals surface area contributed by atoms with Crippen LogP contribution in [0.25, 0.3) is 31.8 Å². The number of carboxylic acids is 1. The van der Waals surface area contributed by atoms with Crippen LogP contribution in [0.15, 0.2) is 66.3 Å². The zero-order chi connectivity index (χ0) is 68.8. The Morgan fingerprint density at radius 2 is 1.65 bits per heavy atom. The van der Waals surface area contributed by atoms with Crippen molar-refractivity contribution in [3.05, 3.63) is 100 Å². The molecule has 26 heteroatoms. The van der Waals surface area contributed by atoms with Crippen LogP contribution in [0.3, 0.4) is 0 Å². The number of nitrogens with one attached hydrogen (secondary N) is 3. The Labute approximate surface area is 577 Å². The first-order valence-corrected chi connectivity index (χ1v) is 36.0. The van der Waals surface area contributed by atoms with Gasteiger partial charge in [0.1, 0.15) is 23.7 Å². The molecular formula is C72H87FN14O9S2. The lowest BCUT2D eigenvalue weighted by Gasteiger charge is -2.69. The summed E-state index contributed by atoms with van der Waals surface area (Å²) >= 11 is 3.04. The van der Waals surface area contributed by atoms with E-state index in [0.717, 1.165) is 112 Å². The van der Waals surface area contributed by atoms with Crippen molar-refractivity contribution < 1.29 is 48.0 Å². The van der Waals surface area contributed by atoms with Gasteiger partial charge in [0.25, 0.3) is 11.8 Å². The third-order valence-corrected chi connectivity index (χ3v) is 23.5. The molecule has 4 bridgehead atoms. The topological polar surface area (TPSA) is 276 Å². The summed E-state index contributed by atoms with van der Waals surface area (Å²) in [7, 11) is 0. The van der Waals surface area contributed by atoms with Crippen molar-refractivity contribution in [2.24, 2.45) is 21.7 Å². The highest BCUT2D eigenvalue weighted by Crippen LogP contribution is 2.72. The molecule has 2 unspecified atom stereocenters. The van der Waals surface area contributed by atoms with Crippen molar-refractivity contribution in [2.45, 2.75) is 169 Å². The number of piperazine rings is 1. The number of aliphatic hydroxyl groups is 1. The van der Waals surface area contributed by atoms with E-state index in [1.54, 1.807) is 43.8 Å². The SMILES string of the molecule is Cc1ncsc1-c1ccc(CNC(=O)[C@@H]2C[C@@H](O)CN2C(=O)[C@@H](NC(=O)C2(F)CC2)C(C)(C)C)c(OCC(=O)N2CCN(CCOC34CC5(C)CC(C)(CC(Cn6ncc(-c7ccc(N8CCCc9c8nnc(Nc8nc%10ccccc%10s8)c9C)nc7C(=O)O)c6C)(C5)C3)C4)CC2)c1. The van der Waals surface area contributed by atoms with Gasteiger partial charge in [0.15, 0.2) is 34.7 Å². The summed E-state index contributed by atoms with van der Waals surface area (Å²) < 4.78 is 31.6. The van der Waals surface area contributed by atoms with Crippen molar-refractivity contribution in [1.82, 2.24) is 60.3 Å². The molecule has 7 fully saturated rings. The van der Waals surface area contributed by atoms with Gasteiger partial charge >= 0.3 is 5.97 Å². The predicted octanol–water partition coefficient (Wildman–Crippen LogP) is 9.89. The van der Waals surface area contributed by atoms with Gasteiger partial charge in [0, 0.05) is 98.8 Å². The molecule has 0 spiro atoms. The lowest BCUT2D eigenvalue weighted by molar-refractivity contribution is -0.249. The zero-order valence-electron chi connectivity index (χ0n) is 57.0. The third-order valence-electron chi connectivity index (χ3n) is 21.6. The number of alkyl halides is 1. The Morgan fingerprint density at radius 3 is 2.37 bits per heavy atom. The molecule has 7 aromatic rings. The van der Waals surface area contributed by atoms with Gasteiger partial charge in [-0.1, -0.05) is 70.2 Å². The second kappa shape index (κ2) is 25.6. The zero-order valence-corrected chi connectivity index (χ0v) is 58.6. The number of hydrogen-bond acceptors (Lipinski definition) is 19. The highest BCUT2D eigenvalue weighted by atomic mass is 32.1. The molecule has 5 N–H and O–H groups in total. The highest BCUT2D eigenvalue weighted by molar-refractivity contribution is 7.22.